The van der Waals surface area contributed by atoms with Crippen molar-refractivity contribution in [3.8, 4) is 10.6 Å². The van der Waals surface area contributed by atoms with Gasteiger partial charge in [0.05, 0.1) is 32.6 Å². The van der Waals surface area contributed by atoms with Gasteiger partial charge in [0.1, 0.15) is 16.6 Å². The Labute approximate surface area is 243 Å². The van der Waals surface area contributed by atoms with E-state index >= 15 is 0 Å². The molecule has 2 aliphatic heterocycles. The van der Waals surface area contributed by atoms with Crippen molar-refractivity contribution in [2.75, 3.05) is 25.0 Å². The smallest absolute Gasteiger partial charge is 0.256 e. The number of anilines is 1. The van der Waals surface area contributed by atoms with E-state index in [-0.39, 0.29) is 10.8 Å². The first-order valence-corrected chi connectivity index (χ1v) is 17.0. The molecule has 6 rings (SSSR count). The number of amides is 1. The van der Waals surface area contributed by atoms with Gasteiger partial charge in [0, 0.05) is 30.6 Å². The number of thiophene rings is 1. The second kappa shape index (κ2) is 11.0. The minimum Gasteiger partial charge on any atom is -0.328 e. The number of nitrogens with zero attached hydrogens (tertiary/aromatic N) is 2. The summed E-state index contributed by atoms with van der Waals surface area (Å²) in [5, 5.41) is 4.92. The minimum absolute atomic E-state index is 0.233. The highest BCUT2D eigenvalue weighted by molar-refractivity contribution is 7.89. The van der Waals surface area contributed by atoms with Crippen LogP contribution in [0.15, 0.2) is 53.4 Å². The van der Waals surface area contributed by atoms with Crippen LogP contribution in [0.25, 0.3) is 20.8 Å². The molecule has 210 valence electrons. The fourth-order valence-electron chi connectivity index (χ4n) is 5.75. The van der Waals surface area contributed by atoms with Crippen molar-refractivity contribution in [1.82, 2.24) is 9.29 Å². The maximum Gasteiger partial charge on any atom is 0.256 e. The van der Waals surface area contributed by atoms with Gasteiger partial charge in [-0.2, -0.15) is 4.31 Å². The Morgan fingerprint density at radius 3 is 2.62 bits per heavy atom. The lowest BCUT2D eigenvalue weighted by Gasteiger charge is -2.30. The summed E-state index contributed by atoms with van der Waals surface area (Å²) in [6, 6.07) is 15.0. The second-order valence-electron chi connectivity index (χ2n) is 11.3. The van der Waals surface area contributed by atoms with E-state index in [4.69, 9.17) is 4.98 Å². The van der Waals surface area contributed by atoms with Crippen molar-refractivity contribution in [1.29, 1.82) is 0 Å². The lowest BCUT2D eigenvalue weighted by molar-refractivity contribution is -0.936. The largest absolute Gasteiger partial charge is 0.328 e. The molecular formula is C30H35N4O3S3+. The van der Waals surface area contributed by atoms with Crippen LogP contribution in [0.2, 0.25) is 0 Å². The third-order valence-corrected chi connectivity index (χ3v) is 12.2. The number of carbonyl (C=O) groups is 1. The number of hydrogen-bond donors (Lipinski definition) is 2. The Bertz CT molecular complexity index is 1620. The maximum atomic E-state index is 13.5. The van der Waals surface area contributed by atoms with Crippen molar-refractivity contribution >= 4 is 53.8 Å². The van der Waals surface area contributed by atoms with Crippen molar-refractivity contribution in [3.05, 3.63) is 64.5 Å². The average Bonchev–Trinajstić information content (AvgIpc) is 3.53. The summed E-state index contributed by atoms with van der Waals surface area (Å²) in [5.74, 6) is 0.105. The molecule has 1 saturated heterocycles. The van der Waals surface area contributed by atoms with Crippen molar-refractivity contribution < 1.29 is 18.1 Å². The van der Waals surface area contributed by atoms with Crippen molar-refractivity contribution in [3.63, 3.8) is 0 Å². The van der Waals surface area contributed by atoms with E-state index in [0.29, 0.717) is 30.6 Å². The average molecular weight is 596 g/mol. The molecule has 2 unspecified atom stereocenters. The maximum absolute atomic E-state index is 13.5. The van der Waals surface area contributed by atoms with E-state index in [9.17, 15) is 13.2 Å². The number of hydrogen-bond acceptors (Lipinski definition) is 6. The molecule has 0 saturated carbocycles. The molecule has 2 N–H and O–H groups in total. The number of para-hydroxylation sites is 1. The number of quaternary nitrogens is 1. The zero-order valence-corrected chi connectivity index (χ0v) is 25.5. The van der Waals surface area contributed by atoms with E-state index < -0.39 is 10.0 Å². The molecule has 10 heteroatoms. The molecule has 2 aromatic heterocycles. The van der Waals surface area contributed by atoms with Crippen LogP contribution in [-0.4, -0.2) is 49.3 Å². The lowest BCUT2D eigenvalue weighted by atomic mass is 10.0. The van der Waals surface area contributed by atoms with Crippen LogP contribution >= 0.6 is 22.7 Å². The molecule has 2 aromatic carbocycles. The highest BCUT2D eigenvalue weighted by Crippen LogP contribution is 2.44. The van der Waals surface area contributed by atoms with Gasteiger partial charge in [-0.15, -0.1) is 22.7 Å². The predicted octanol–water partition coefficient (Wildman–Crippen LogP) is 5.05. The van der Waals surface area contributed by atoms with E-state index in [0.717, 1.165) is 58.1 Å². The Kier molecular flexibility index (Phi) is 7.56. The topological polar surface area (TPSA) is 83.8 Å². The van der Waals surface area contributed by atoms with Crippen LogP contribution in [0, 0.1) is 5.92 Å². The van der Waals surface area contributed by atoms with Gasteiger partial charge in [0.2, 0.25) is 10.0 Å². The third kappa shape index (κ3) is 5.23. The summed E-state index contributed by atoms with van der Waals surface area (Å²) in [6.45, 7) is 9.66. The van der Waals surface area contributed by atoms with Gasteiger partial charge in [0.25, 0.3) is 5.91 Å². The highest BCUT2D eigenvalue weighted by atomic mass is 32.2. The highest BCUT2D eigenvalue weighted by Gasteiger charge is 2.31. The standard InChI is InChI=1S/C30H34N4O3S3/c1-19(2)33-16-14-23-26(18-33)39-30(27(23)29-31-24-8-4-5-9-25(24)38-29)32-28(35)21-10-12-22(13-11-21)40(36,37)34-15-6-7-20(3)17-34/h4-5,8-13,19-20H,6-7,14-18H2,1-3H3,(H,32,35)/p+1. The minimum atomic E-state index is -3.57. The number of fused-ring (bicyclic) bond motifs is 2. The summed E-state index contributed by atoms with van der Waals surface area (Å²) >= 11 is 3.30. The van der Waals surface area contributed by atoms with Crippen LogP contribution in [0.3, 0.4) is 0 Å². The molecule has 0 bridgehead atoms. The molecule has 0 spiro atoms. The molecule has 4 heterocycles. The number of rotatable bonds is 6. The first-order valence-electron chi connectivity index (χ1n) is 14.0. The molecule has 1 fully saturated rings. The number of carbonyl (C=O) groups excluding carboxylic acids is 1. The molecule has 2 atom stereocenters. The fraction of sp³-hybridized carbons (Fsp3) is 0.400. The Balaban J connectivity index is 1.30. The molecule has 7 nitrogen and oxygen atoms in total. The summed E-state index contributed by atoms with van der Waals surface area (Å²) in [4.78, 5) is 21.5. The normalized spacial score (nSPS) is 20.1. The van der Waals surface area contributed by atoms with Gasteiger partial charge in [-0.05, 0) is 74.6 Å². The summed E-state index contributed by atoms with van der Waals surface area (Å²) < 4.78 is 29.1. The van der Waals surface area contributed by atoms with Crippen LogP contribution in [0.5, 0.6) is 0 Å². The number of benzene rings is 2. The van der Waals surface area contributed by atoms with Crippen LogP contribution in [0.1, 0.15) is 54.4 Å². The molecule has 2 aliphatic rings. The molecule has 0 aliphatic carbocycles. The Morgan fingerprint density at radius 2 is 1.90 bits per heavy atom. The van der Waals surface area contributed by atoms with Gasteiger partial charge >= 0.3 is 0 Å². The van der Waals surface area contributed by atoms with E-state index in [1.54, 1.807) is 56.1 Å². The number of piperidine rings is 1. The SMILES string of the molecule is CC1CCCN(S(=O)(=O)c2ccc(C(=O)Nc3sc4c(c3-c3nc5ccccc5s3)CC[NH+](C(C)C)C4)cc2)C1. The lowest BCUT2D eigenvalue weighted by Crippen LogP contribution is -3.14. The molecule has 1 amide bonds. The van der Waals surface area contributed by atoms with E-state index in [1.165, 1.54) is 10.4 Å². The van der Waals surface area contributed by atoms with Crippen LogP contribution < -0.4 is 10.2 Å². The molecule has 40 heavy (non-hydrogen) atoms. The molecular weight excluding hydrogens is 561 g/mol. The summed E-state index contributed by atoms with van der Waals surface area (Å²) in [7, 11) is -3.57. The van der Waals surface area contributed by atoms with E-state index in [1.807, 2.05) is 18.2 Å². The number of aromatic nitrogens is 1. The Morgan fingerprint density at radius 1 is 1.12 bits per heavy atom. The zero-order chi connectivity index (χ0) is 28.0. The van der Waals surface area contributed by atoms with Gasteiger partial charge in [-0.25, -0.2) is 13.4 Å². The number of nitrogens with one attached hydrogen (secondary N) is 2. The van der Waals surface area contributed by atoms with E-state index in [2.05, 4.69) is 32.2 Å². The quantitative estimate of drug-likeness (QED) is 0.327. The van der Waals surface area contributed by atoms with Crippen molar-refractivity contribution in [2.45, 2.75) is 57.5 Å². The first-order chi connectivity index (χ1) is 19.2. The molecule has 0 radical (unpaired) electrons. The van der Waals surface area contributed by atoms with Gasteiger partial charge < -0.3 is 10.2 Å². The van der Waals surface area contributed by atoms with Gasteiger partial charge in [0.15, 0.2) is 0 Å². The Hall–Kier alpha value is -2.63. The van der Waals surface area contributed by atoms with Crippen LogP contribution in [-0.2, 0) is 23.0 Å². The monoisotopic (exact) mass is 595 g/mol. The van der Waals surface area contributed by atoms with Gasteiger partial charge in [-0.1, -0.05) is 19.1 Å². The van der Waals surface area contributed by atoms with Crippen LogP contribution in [0.4, 0.5) is 5.00 Å². The zero-order valence-electron chi connectivity index (χ0n) is 23.1. The number of sulfonamides is 1. The summed E-state index contributed by atoms with van der Waals surface area (Å²) in [6.07, 6.45) is 2.87. The van der Waals surface area contributed by atoms with Crippen molar-refractivity contribution in [2.24, 2.45) is 5.92 Å². The fourth-order valence-corrected chi connectivity index (χ4v) is 9.76. The first kappa shape index (κ1) is 27.5. The second-order valence-corrected chi connectivity index (χ2v) is 15.3. The number of thiazole rings is 1. The summed E-state index contributed by atoms with van der Waals surface area (Å²) in [5.41, 5.74) is 3.73. The van der Waals surface area contributed by atoms with Gasteiger partial charge in [-0.3, -0.25) is 4.79 Å². The predicted molar refractivity (Wildman–Crippen MR) is 163 cm³/mol. The molecule has 4 aromatic rings. The third-order valence-electron chi connectivity index (χ3n) is 8.10.